The van der Waals surface area contributed by atoms with Gasteiger partial charge >= 0.3 is 223 Å². The number of benzene rings is 4. The van der Waals surface area contributed by atoms with Gasteiger partial charge < -0.3 is 5.11 Å². The summed E-state index contributed by atoms with van der Waals surface area (Å²) in [6, 6.07) is 41.3. The van der Waals surface area contributed by atoms with Gasteiger partial charge in [-0.3, -0.25) is 0 Å². The zero-order valence-electron chi connectivity index (χ0n) is 24.7. The molecule has 4 aromatic carbocycles. The predicted molar refractivity (Wildman–Crippen MR) is 184 cm³/mol. The molecule has 40 heavy (non-hydrogen) atoms. The quantitative estimate of drug-likeness (QED) is 0.132. The summed E-state index contributed by atoms with van der Waals surface area (Å²) >= 11 is 0.466. The zero-order chi connectivity index (χ0) is 28.9. The first-order valence-corrected chi connectivity index (χ1v) is 31.7. The molecular formula is C36H47BrOSn2. The first-order valence-electron chi connectivity index (χ1n) is 15.0. The first kappa shape index (κ1) is 35.0. The molecule has 4 aromatic rings. The second kappa shape index (κ2) is 21.5. The molecule has 0 saturated heterocycles. The molecule has 0 radical (unpaired) electrons. The topological polar surface area (TPSA) is 23.1 Å². The van der Waals surface area contributed by atoms with Gasteiger partial charge in [0, 0.05) is 0 Å². The van der Waals surface area contributed by atoms with Gasteiger partial charge in [0.25, 0.3) is 0 Å². The fraction of sp³-hybridized carbons (Fsp3) is 0.333. The second-order valence-electron chi connectivity index (χ2n) is 10.2. The third-order valence-corrected chi connectivity index (χ3v) is 33.3. The Morgan fingerprint density at radius 3 is 1.00 bits per heavy atom. The van der Waals surface area contributed by atoms with Crippen LogP contribution in [-0.2, 0) is 0 Å². The van der Waals surface area contributed by atoms with Crippen LogP contribution in [-0.4, -0.2) is 35.9 Å². The summed E-state index contributed by atoms with van der Waals surface area (Å²) in [5, 5.41) is 10.3. The van der Waals surface area contributed by atoms with Crippen LogP contribution in [0.1, 0.15) is 59.3 Å². The molecule has 0 heterocycles. The number of rotatable bonds is 12. The first-order chi connectivity index (χ1) is 19.5. The van der Waals surface area contributed by atoms with E-state index < -0.39 is 35.9 Å². The fourth-order valence-electron chi connectivity index (χ4n) is 4.59. The number of halogens is 1. The van der Waals surface area contributed by atoms with Crippen molar-refractivity contribution in [3.63, 3.8) is 0 Å². The molecule has 212 valence electrons. The van der Waals surface area contributed by atoms with Crippen molar-refractivity contribution >= 4 is 59.4 Å². The average Bonchev–Trinajstić information content (AvgIpc) is 3.01. The Labute approximate surface area is 261 Å². The van der Waals surface area contributed by atoms with E-state index in [0.29, 0.717) is 0 Å². The Bertz CT molecular complexity index is 1010. The second-order valence-corrected chi connectivity index (χ2v) is 39.5. The van der Waals surface area contributed by atoms with Crippen molar-refractivity contribution in [2.75, 3.05) is 0 Å². The van der Waals surface area contributed by atoms with E-state index >= 15 is 0 Å². The van der Waals surface area contributed by atoms with Crippen LogP contribution in [0.4, 0.5) is 0 Å². The molecule has 0 unspecified atom stereocenters. The number of para-hydroxylation sites is 1. The molecule has 0 bridgehead atoms. The molecule has 0 N–H and O–H groups in total. The van der Waals surface area contributed by atoms with Crippen LogP contribution in [0.25, 0.3) is 0 Å². The molecule has 0 spiro atoms. The molecule has 4 rings (SSSR count). The normalized spacial score (nSPS) is 10.5. The van der Waals surface area contributed by atoms with Crippen molar-refractivity contribution in [2.45, 2.75) is 72.6 Å². The van der Waals surface area contributed by atoms with Gasteiger partial charge in [0.05, 0.1) is 0 Å². The molecular weight excluding hydrogens is 766 g/mol. The number of hydrogen-bond donors (Lipinski definition) is 0. The summed E-state index contributed by atoms with van der Waals surface area (Å²) in [4.78, 5) is 0. The van der Waals surface area contributed by atoms with Gasteiger partial charge in [-0.15, -0.1) is 5.75 Å². The zero-order valence-corrected chi connectivity index (χ0v) is 32.0. The average molecular weight is 813 g/mol. The molecule has 0 amide bonds. The summed E-state index contributed by atoms with van der Waals surface area (Å²) in [5.41, 5.74) is 0. The third-order valence-electron chi connectivity index (χ3n) is 6.87. The minimum atomic E-state index is -1.98. The summed E-state index contributed by atoms with van der Waals surface area (Å²) in [6.45, 7) is 6.96. The minimum absolute atomic E-state index is 0.0718. The Morgan fingerprint density at radius 1 is 0.500 bits per heavy atom. The van der Waals surface area contributed by atoms with Gasteiger partial charge in [0.15, 0.2) is 0 Å². The summed E-state index contributed by atoms with van der Waals surface area (Å²) in [7, 11) is 0. The van der Waals surface area contributed by atoms with Crippen LogP contribution in [0.15, 0.2) is 121 Å². The summed E-state index contributed by atoms with van der Waals surface area (Å²) in [6.07, 6.45) is 8.53. The van der Waals surface area contributed by atoms with Crippen molar-refractivity contribution in [1.82, 2.24) is 0 Å². The molecule has 1 nitrogen and oxygen atoms in total. The van der Waals surface area contributed by atoms with Gasteiger partial charge in [-0.25, -0.2) is 0 Å². The standard InChI is InChI=1S/C6H6O.3C6H5.3C4H9.BrH.2Sn/c7-6-4-2-1-3-5-6;3*1-2-4-6-5-3-1;3*1-3-4-2;;;/h1-5,7H;3*1-5H;3*1,3-4H2,2H3;1H;;/q;;;;;;;;2*+1/p-2. The van der Waals surface area contributed by atoms with E-state index in [1.54, 1.807) is 25.4 Å². The van der Waals surface area contributed by atoms with Crippen LogP contribution in [0.5, 0.6) is 5.75 Å². The van der Waals surface area contributed by atoms with Crippen LogP contribution in [0, 0.1) is 0 Å². The Kier molecular flexibility index (Phi) is 18.8. The predicted octanol–water partition coefficient (Wildman–Crippen LogP) is 8.69. The number of unbranched alkanes of at least 4 members (excludes halogenated alkanes) is 3. The molecule has 0 fully saturated rings. The van der Waals surface area contributed by atoms with E-state index in [1.807, 2.05) is 6.07 Å². The SMILES string of the molecule is CCC[CH2][Sn]([Br])([CH2]CCC)[CH2]CCC.[O-]c1ccccc1.c1cc[c]([Sn+]([c]2ccccc2)[c]2ccccc2)cc1. The van der Waals surface area contributed by atoms with Gasteiger partial charge in [0.2, 0.25) is 0 Å². The van der Waals surface area contributed by atoms with E-state index in [9.17, 15) is 5.11 Å². The van der Waals surface area contributed by atoms with E-state index in [-0.39, 0.29) is 5.75 Å². The molecule has 0 aliphatic carbocycles. The molecule has 0 atom stereocenters. The van der Waals surface area contributed by atoms with E-state index in [4.69, 9.17) is 0 Å². The fourth-order valence-corrected chi connectivity index (χ4v) is 28.2. The van der Waals surface area contributed by atoms with Gasteiger partial charge in [-0.05, 0) is 0 Å². The van der Waals surface area contributed by atoms with E-state index in [1.165, 1.54) is 61.4 Å². The van der Waals surface area contributed by atoms with Crippen molar-refractivity contribution in [3.05, 3.63) is 121 Å². The monoisotopic (exact) mass is 814 g/mol. The Morgan fingerprint density at radius 2 is 0.775 bits per heavy atom. The van der Waals surface area contributed by atoms with Crippen LogP contribution < -0.4 is 15.8 Å². The van der Waals surface area contributed by atoms with E-state index in [0.717, 1.165) is 0 Å². The molecule has 0 aliphatic heterocycles. The van der Waals surface area contributed by atoms with Crippen LogP contribution in [0.2, 0.25) is 13.3 Å². The maximum atomic E-state index is 10.3. The molecule has 4 heteroatoms. The van der Waals surface area contributed by atoms with Crippen LogP contribution >= 0.6 is 12.7 Å². The third kappa shape index (κ3) is 14.1. The summed E-state index contributed by atoms with van der Waals surface area (Å²) in [5.74, 6) is 0.0718. The van der Waals surface area contributed by atoms with Crippen molar-refractivity contribution in [2.24, 2.45) is 0 Å². The Balaban J connectivity index is 0.000000234. The van der Waals surface area contributed by atoms with Gasteiger partial charge in [-0.1, -0.05) is 30.3 Å². The van der Waals surface area contributed by atoms with Gasteiger partial charge in [-0.2, -0.15) is 0 Å². The maximum absolute atomic E-state index is 10.3. The Hall–Kier alpha value is -1.24. The molecule has 0 aromatic heterocycles. The van der Waals surface area contributed by atoms with E-state index in [2.05, 4.69) is 124 Å². The molecule has 0 saturated carbocycles. The molecule has 0 aliphatic rings. The summed E-state index contributed by atoms with van der Waals surface area (Å²) < 4.78 is 9.31. The van der Waals surface area contributed by atoms with Crippen molar-refractivity contribution in [3.8, 4) is 5.75 Å². The van der Waals surface area contributed by atoms with Crippen molar-refractivity contribution in [1.29, 1.82) is 0 Å². The van der Waals surface area contributed by atoms with Gasteiger partial charge in [0.1, 0.15) is 0 Å². The van der Waals surface area contributed by atoms with Crippen LogP contribution in [0.3, 0.4) is 0 Å². The van der Waals surface area contributed by atoms with Crippen molar-refractivity contribution < 1.29 is 5.11 Å². The number of hydrogen-bond acceptors (Lipinski definition) is 1.